The van der Waals surface area contributed by atoms with Crippen LogP contribution < -0.4 is 5.73 Å². The van der Waals surface area contributed by atoms with Crippen molar-refractivity contribution < 1.29 is 4.79 Å². The second-order valence-corrected chi connectivity index (χ2v) is 4.59. The molecule has 0 aliphatic rings. The number of nitrogen functional groups attached to an aromatic ring is 1. The van der Waals surface area contributed by atoms with E-state index in [1.807, 2.05) is 6.07 Å². The molecule has 0 aliphatic carbocycles. The lowest BCUT2D eigenvalue weighted by Gasteiger charge is -2.22. The quantitative estimate of drug-likeness (QED) is 0.817. The summed E-state index contributed by atoms with van der Waals surface area (Å²) in [5.41, 5.74) is 6.62. The minimum Gasteiger partial charge on any atom is -0.384 e. The van der Waals surface area contributed by atoms with Crippen LogP contribution in [0.2, 0.25) is 0 Å². The molecule has 0 fully saturated rings. The Morgan fingerprint density at radius 2 is 2.11 bits per heavy atom. The van der Waals surface area contributed by atoms with E-state index in [2.05, 4.69) is 16.8 Å². The van der Waals surface area contributed by atoms with Gasteiger partial charge in [0.1, 0.15) is 5.82 Å². The number of amides is 1. The Labute approximate surface area is 109 Å². The summed E-state index contributed by atoms with van der Waals surface area (Å²) in [5, 5.41) is 0. The van der Waals surface area contributed by atoms with Crippen molar-refractivity contribution in [2.75, 3.05) is 32.9 Å². The molecule has 0 aliphatic heterocycles. The second-order valence-electron chi connectivity index (χ2n) is 4.59. The van der Waals surface area contributed by atoms with E-state index in [1.54, 1.807) is 31.3 Å². The number of hydrogen-bond acceptors (Lipinski definition) is 4. The van der Waals surface area contributed by atoms with Gasteiger partial charge in [0.05, 0.1) is 6.54 Å². The number of hydrogen-bond donors (Lipinski definition) is 1. The van der Waals surface area contributed by atoms with Crippen LogP contribution in [-0.4, -0.2) is 47.9 Å². The number of carbonyl (C=O) groups excluding carboxylic acids is 1. The van der Waals surface area contributed by atoms with Crippen molar-refractivity contribution in [1.82, 2.24) is 14.8 Å². The molecule has 0 unspecified atom stereocenters. The third kappa shape index (κ3) is 4.71. The number of rotatable bonds is 6. The van der Waals surface area contributed by atoms with Gasteiger partial charge in [-0.3, -0.25) is 9.69 Å². The summed E-state index contributed by atoms with van der Waals surface area (Å²) in [6, 6.07) is 3.73. The summed E-state index contributed by atoms with van der Waals surface area (Å²) in [6.07, 6.45) is 2.78. The highest BCUT2D eigenvalue weighted by Crippen LogP contribution is 2.06. The molecule has 1 rings (SSSR count). The smallest absolute Gasteiger partial charge is 0.236 e. The Kier molecular flexibility index (Phi) is 5.58. The molecule has 18 heavy (non-hydrogen) atoms. The van der Waals surface area contributed by atoms with Crippen LogP contribution in [0.25, 0.3) is 0 Å². The van der Waals surface area contributed by atoms with Gasteiger partial charge in [0.25, 0.3) is 0 Å². The molecular formula is C13H22N4O. The molecule has 0 spiro atoms. The Hall–Kier alpha value is -1.62. The first kappa shape index (κ1) is 14.4. The Bertz CT molecular complexity index is 375. The van der Waals surface area contributed by atoms with Gasteiger partial charge in [0, 0.05) is 26.8 Å². The predicted octanol–water partition coefficient (Wildman–Crippen LogP) is 0.964. The third-order valence-corrected chi connectivity index (χ3v) is 2.65. The van der Waals surface area contributed by atoms with Gasteiger partial charge in [-0.25, -0.2) is 4.98 Å². The van der Waals surface area contributed by atoms with Crippen LogP contribution in [0.1, 0.15) is 18.9 Å². The molecule has 2 N–H and O–H groups in total. The highest BCUT2D eigenvalue weighted by Gasteiger charge is 2.12. The average Bonchev–Trinajstić information content (AvgIpc) is 2.32. The molecular weight excluding hydrogens is 228 g/mol. The van der Waals surface area contributed by atoms with Gasteiger partial charge < -0.3 is 10.6 Å². The van der Waals surface area contributed by atoms with Gasteiger partial charge in [-0.1, -0.05) is 13.0 Å². The first-order valence-corrected chi connectivity index (χ1v) is 6.15. The average molecular weight is 250 g/mol. The van der Waals surface area contributed by atoms with Crippen LogP contribution in [-0.2, 0) is 11.3 Å². The molecule has 5 nitrogen and oxygen atoms in total. The minimum absolute atomic E-state index is 0.117. The van der Waals surface area contributed by atoms with E-state index in [0.29, 0.717) is 12.4 Å². The first-order valence-electron chi connectivity index (χ1n) is 6.15. The van der Waals surface area contributed by atoms with Crippen LogP contribution in [0.5, 0.6) is 0 Å². The highest BCUT2D eigenvalue weighted by molar-refractivity contribution is 5.77. The predicted molar refractivity (Wildman–Crippen MR) is 72.9 cm³/mol. The van der Waals surface area contributed by atoms with Gasteiger partial charge in [-0.05, 0) is 24.6 Å². The topological polar surface area (TPSA) is 62.5 Å². The number of carbonyl (C=O) groups is 1. The van der Waals surface area contributed by atoms with Crippen LogP contribution in [0, 0.1) is 0 Å². The van der Waals surface area contributed by atoms with Crippen molar-refractivity contribution in [3.05, 3.63) is 23.9 Å². The maximum Gasteiger partial charge on any atom is 0.236 e. The molecule has 1 amide bonds. The lowest BCUT2D eigenvalue weighted by atomic mass is 10.2. The maximum absolute atomic E-state index is 11.7. The molecule has 0 aromatic carbocycles. The molecule has 1 aromatic rings. The minimum atomic E-state index is 0.117. The normalized spacial score (nSPS) is 10.7. The van der Waals surface area contributed by atoms with Crippen molar-refractivity contribution in [2.24, 2.45) is 0 Å². The molecule has 0 saturated carbocycles. The number of aromatic nitrogens is 1. The van der Waals surface area contributed by atoms with Crippen molar-refractivity contribution in [1.29, 1.82) is 0 Å². The second kappa shape index (κ2) is 6.96. The van der Waals surface area contributed by atoms with E-state index >= 15 is 0 Å². The number of likely N-dealkylation sites (N-methyl/N-ethyl adjacent to an activating group) is 1. The van der Waals surface area contributed by atoms with E-state index < -0.39 is 0 Å². The van der Waals surface area contributed by atoms with E-state index in [1.165, 1.54) is 0 Å². The molecule has 100 valence electrons. The van der Waals surface area contributed by atoms with Gasteiger partial charge in [-0.15, -0.1) is 0 Å². The molecule has 0 saturated heterocycles. The van der Waals surface area contributed by atoms with Crippen LogP contribution >= 0.6 is 0 Å². The van der Waals surface area contributed by atoms with Gasteiger partial charge >= 0.3 is 0 Å². The first-order chi connectivity index (χ1) is 8.52. The number of anilines is 1. The largest absolute Gasteiger partial charge is 0.384 e. The zero-order valence-electron chi connectivity index (χ0n) is 11.4. The summed E-state index contributed by atoms with van der Waals surface area (Å²) in [4.78, 5) is 19.5. The Balaban J connectivity index is 2.62. The molecule has 1 aromatic heterocycles. The van der Waals surface area contributed by atoms with E-state index in [-0.39, 0.29) is 5.91 Å². The molecule has 0 bridgehead atoms. The van der Waals surface area contributed by atoms with Gasteiger partial charge in [0.2, 0.25) is 5.91 Å². The fourth-order valence-electron chi connectivity index (χ4n) is 1.65. The van der Waals surface area contributed by atoms with Crippen molar-refractivity contribution in [3.63, 3.8) is 0 Å². The zero-order valence-corrected chi connectivity index (χ0v) is 11.4. The number of pyridine rings is 1. The van der Waals surface area contributed by atoms with E-state index in [0.717, 1.165) is 25.1 Å². The Morgan fingerprint density at radius 3 is 2.61 bits per heavy atom. The monoisotopic (exact) mass is 250 g/mol. The van der Waals surface area contributed by atoms with Crippen molar-refractivity contribution in [2.45, 2.75) is 19.9 Å². The fourth-order valence-corrected chi connectivity index (χ4v) is 1.65. The summed E-state index contributed by atoms with van der Waals surface area (Å²) in [5.74, 6) is 0.636. The van der Waals surface area contributed by atoms with Crippen molar-refractivity contribution >= 4 is 11.7 Å². The van der Waals surface area contributed by atoms with Gasteiger partial charge in [0.15, 0.2) is 0 Å². The Morgan fingerprint density at radius 1 is 1.39 bits per heavy atom. The van der Waals surface area contributed by atoms with Crippen LogP contribution in [0.3, 0.4) is 0 Å². The van der Waals surface area contributed by atoms with E-state index in [9.17, 15) is 4.79 Å². The maximum atomic E-state index is 11.7. The fraction of sp³-hybridized carbons (Fsp3) is 0.538. The summed E-state index contributed by atoms with van der Waals surface area (Å²) >= 11 is 0. The van der Waals surface area contributed by atoms with Crippen molar-refractivity contribution in [3.8, 4) is 0 Å². The van der Waals surface area contributed by atoms with Crippen LogP contribution in [0.15, 0.2) is 18.3 Å². The lowest BCUT2D eigenvalue weighted by Crippen LogP contribution is -2.36. The number of nitrogens with two attached hydrogens (primary N) is 1. The molecule has 1 heterocycles. The highest BCUT2D eigenvalue weighted by atomic mass is 16.2. The SMILES string of the molecule is CCCN(CC(=O)N(C)C)Cc1ccc(N)nc1. The van der Waals surface area contributed by atoms with Gasteiger partial charge in [-0.2, -0.15) is 0 Å². The zero-order chi connectivity index (χ0) is 13.5. The third-order valence-electron chi connectivity index (χ3n) is 2.65. The molecule has 0 atom stereocenters. The standard InChI is InChI=1S/C13H22N4O/c1-4-7-17(10-13(18)16(2)3)9-11-5-6-12(14)15-8-11/h5-6,8H,4,7,9-10H2,1-3H3,(H2,14,15). The van der Waals surface area contributed by atoms with E-state index in [4.69, 9.17) is 5.73 Å². The summed E-state index contributed by atoms with van der Waals surface area (Å²) in [6.45, 7) is 4.16. The molecule has 5 heteroatoms. The van der Waals surface area contributed by atoms with Crippen LogP contribution in [0.4, 0.5) is 5.82 Å². The summed E-state index contributed by atoms with van der Waals surface area (Å²) in [7, 11) is 3.55. The molecule has 0 radical (unpaired) electrons. The lowest BCUT2D eigenvalue weighted by molar-refractivity contribution is -0.130. The number of nitrogens with zero attached hydrogens (tertiary/aromatic N) is 3. The summed E-state index contributed by atoms with van der Waals surface area (Å²) < 4.78 is 0.